The van der Waals surface area contributed by atoms with Gasteiger partial charge in [-0.05, 0) is 13.8 Å². The minimum atomic E-state index is -0.317. The van der Waals surface area contributed by atoms with Crippen LogP contribution in [0.3, 0.4) is 0 Å². The molecule has 3 N–H and O–H groups in total. The maximum absolute atomic E-state index is 11.1. The van der Waals surface area contributed by atoms with E-state index in [1.807, 2.05) is 13.8 Å². The van der Waals surface area contributed by atoms with Gasteiger partial charge in [0.2, 0.25) is 5.91 Å². The monoisotopic (exact) mass is 286 g/mol. The van der Waals surface area contributed by atoms with Crippen LogP contribution in [0.4, 0.5) is 0 Å². The summed E-state index contributed by atoms with van der Waals surface area (Å²) in [4.78, 5) is 11.1. The Balaban J connectivity index is 3.68. The van der Waals surface area contributed by atoms with Gasteiger partial charge in [-0.2, -0.15) is 0 Å². The molecule has 1 amide bonds. The fourth-order valence-corrected chi connectivity index (χ4v) is 0.842. The van der Waals surface area contributed by atoms with Crippen molar-refractivity contribution in [1.82, 2.24) is 5.32 Å². The van der Waals surface area contributed by atoms with E-state index in [0.717, 1.165) is 0 Å². The van der Waals surface area contributed by atoms with E-state index in [4.69, 9.17) is 8.80 Å². The third kappa shape index (κ3) is 5.73. The molecule has 5 heteroatoms. The minimum absolute atomic E-state index is 0.0258. The molecule has 0 aromatic heterocycles. The van der Waals surface area contributed by atoms with E-state index in [1.54, 1.807) is 23.0 Å². The molecule has 0 spiro atoms. The first-order valence-electron chi connectivity index (χ1n) is 3.76. The third-order valence-corrected chi connectivity index (χ3v) is 1.83. The second-order valence-corrected chi connectivity index (χ2v) is 3.82. The second kappa shape index (κ2) is 5.71. The molecule has 4 nitrogen and oxygen atoms in total. The van der Waals surface area contributed by atoms with Gasteiger partial charge in [-0.15, -0.1) is 0 Å². The summed E-state index contributed by atoms with van der Waals surface area (Å²) in [5.41, 5.74) is 5.12. The van der Waals surface area contributed by atoms with Gasteiger partial charge in [0.05, 0.1) is 13.0 Å². The number of halogens is 1. The Bertz CT molecular complexity index is 150. The van der Waals surface area contributed by atoms with E-state index >= 15 is 0 Å². The molecule has 12 heavy (non-hydrogen) atoms. The number of amides is 1. The average Bonchev–Trinajstić information content (AvgIpc) is 2.00. The van der Waals surface area contributed by atoms with Gasteiger partial charge in [-0.1, -0.05) is 0 Å². The van der Waals surface area contributed by atoms with Crippen molar-refractivity contribution >= 4 is 28.9 Å². The maximum Gasteiger partial charge on any atom is 0.222 e. The van der Waals surface area contributed by atoms with Crippen LogP contribution < -0.4 is 11.1 Å². The van der Waals surface area contributed by atoms with Crippen molar-refractivity contribution in [3.8, 4) is 0 Å². The van der Waals surface area contributed by atoms with Crippen LogP contribution in [0.1, 0.15) is 20.3 Å². The first kappa shape index (κ1) is 12.1. The van der Waals surface area contributed by atoms with Gasteiger partial charge in [0, 0.05) is 12.1 Å². The molecule has 0 aromatic rings. The number of carbonyl (C=O) groups excluding carboxylic acids is 1. The van der Waals surface area contributed by atoms with Gasteiger partial charge in [-0.3, -0.25) is 4.79 Å². The number of hydrogen-bond acceptors (Lipinski definition) is 3. The van der Waals surface area contributed by atoms with E-state index in [1.165, 1.54) is 0 Å². The van der Waals surface area contributed by atoms with Crippen LogP contribution in [0, 0.1) is 0 Å². The minimum Gasteiger partial charge on any atom is -0.350 e. The van der Waals surface area contributed by atoms with Crippen LogP contribution in [-0.4, -0.2) is 24.6 Å². The van der Waals surface area contributed by atoms with Crippen molar-refractivity contribution in [2.45, 2.75) is 25.8 Å². The van der Waals surface area contributed by atoms with E-state index in [2.05, 4.69) is 5.32 Å². The van der Waals surface area contributed by atoms with Crippen LogP contribution in [0.15, 0.2) is 0 Å². The Morgan fingerprint density at radius 1 is 1.67 bits per heavy atom. The molecule has 0 unspecified atom stereocenters. The zero-order chi connectivity index (χ0) is 9.61. The molecule has 0 heterocycles. The molecule has 0 saturated carbocycles. The molecule has 0 radical (unpaired) electrons. The molecular weight excluding hydrogens is 271 g/mol. The van der Waals surface area contributed by atoms with Gasteiger partial charge in [0.25, 0.3) is 0 Å². The summed E-state index contributed by atoms with van der Waals surface area (Å²) in [5.74, 6) is -0.0258. The largest absolute Gasteiger partial charge is 0.350 e. The van der Waals surface area contributed by atoms with E-state index < -0.39 is 0 Å². The SMILES string of the molecule is CC(C)(CN)NC(=O)CCOI. The molecule has 0 aliphatic heterocycles. The predicted octanol–water partition coefficient (Wildman–Crippen LogP) is 0.597. The number of hydrogen-bond donors (Lipinski definition) is 2. The van der Waals surface area contributed by atoms with E-state index in [-0.39, 0.29) is 11.4 Å². The van der Waals surface area contributed by atoms with E-state index in [9.17, 15) is 4.79 Å². The summed E-state index contributed by atoms with van der Waals surface area (Å²) in [6.45, 7) is 4.64. The first-order valence-corrected chi connectivity index (χ1v) is 4.64. The first-order chi connectivity index (χ1) is 5.52. The summed E-state index contributed by atoms with van der Waals surface area (Å²) in [5, 5.41) is 2.79. The normalized spacial score (nSPS) is 11.3. The average molecular weight is 286 g/mol. The highest BCUT2D eigenvalue weighted by atomic mass is 127. The maximum atomic E-state index is 11.1. The van der Waals surface area contributed by atoms with Crippen LogP contribution >= 0.6 is 23.0 Å². The highest BCUT2D eigenvalue weighted by Crippen LogP contribution is 1.99. The molecule has 0 bridgehead atoms. The fraction of sp³-hybridized carbons (Fsp3) is 0.857. The molecule has 0 aliphatic carbocycles. The van der Waals surface area contributed by atoms with E-state index in [0.29, 0.717) is 19.6 Å². The Morgan fingerprint density at radius 2 is 2.25 bits per heavy atom. The standard InChI is InChI=1S/C7H15IN2O2/c1-7(2,5-9)10-6(11)3-4-12-8/h3-5,9H2,1-2H3,(H,10,11). The molecule has 0 fully saturated rings. The van der Waals surface area contributed by atoms with Crippen molar-refractivity contribution in [2.24, 2.45) is 5.73 Å². The zero-order valence-electron chi connectivity index (χ0n) is 7.39. The summed E-state index contributed by atoms with van der Waals surface area (Å²) in [6.07, 6.45) is 0.381. The van der Waals surface area contributed by atoms with Crippen LogP contribution in [0.25, 0.3) is 0 Å². The Kier molecular flexibility index (Phi) is 5.77. The summed E-state index contributed by atoms with van der Waals surface area (Å²) >= 11 is 1.76. The predicted molar refractivity (Wildman–Crippen MR) is 55.9 cm³/mol. The van der Waals surface area contributed by atoms with Crippen molar-refractivity contribution in [3.05, 3.63) is 0 Å². The molecule has 0 saturated heterocycles. The quantitative estimate of drug-likeness (QED) is 0.727. The van der Waals surface area contributed by atoms with Crippen LogP contribution in [-0.2, 0) is 7.86 Å². The second-order valence-electron chi connectivity index (χ2n) is 3.20. The third-order valence-electron chi connectivity index (χ3n) is 1.39. The molecule has 0 rings (SSSR count). The van der Waals surface area contributed by atoms with Crippen molar-refractivity contribution < 1.29 is 7.86 Å². The van der Waals surface area contributed by atoms with Crippen molar-refractivity contribution in [2.75, 3.05) is 13.2 Å². The highest BCUT2D eigenvalue weighted by molar-refractivity contribution is 14.1. The number of nitrogens with two attached hydrogens (primary N) is 1. The lowest BCUT2D eigenvalue weighted by atomic mass is 10.1. The van der Waals surface area contributed by atoms with Gasteiger partial charge in [0.1, 0.15) is 23.0 Å². The lowest BCUT2D eigenvalue weighted by molar-refractivity contribution is -0.122. The van der Waals surface area contributed by atoms with Crippen molar-refractivity contribution in [3.63, 3.8) is 0 Å². The Labute approximate surface area is 86.9 Å². The lowest BCUT2D eigenvalue weighted by Crippen LogP contribution is -2.49. The summed E-state index contributed by atoms with van der Waals surface area (Å²) < 4.78 is 4.74. The smallest absolute Gasteiger partial charge is 0.222 e. The topological polar surface area (TPSA) is 64.3 Å². The Morgan fingerprint density at radius 3 is 2.67 bits per heavy atom. The molecule has 0 atom stereocenters. The number of carbonyl (C=O) groups is 1. The Hall–Kier alpha value is 0.120. The fourth-order valence-electron chi connectivity index (χ4n) is 0.622. The van der Waals surface area contributed by atoms with Gasteiger partial charge >= 0.3 is 0 Å². The summed E-state index contributed by atoms with van der Waals surface area (Å²) in [6, 6.07) is 0. The number of nitrogens with one attached hydrogen (secondary N) is 1. The molecule has 0 aliphatic rings. The van der Waals surface area contributed by atoms with Crippen LogP contribution in [0.5, 0.6) is 0 Å². The summed E-state index contributed by atoms with van der Waals surface area (Å²) in [7, 11) is 0. The lowest BCUT2D eigenvalue weighted by Gasteiger charge is -2.23. The molecular formula is C7H15IN2O2. The van der Waals surface area contributed by atoms with Crippen LogP contribution in [0.2, 0.25) is 0 Å². The zero-order valence-corrected chi connectivity index (χ0v) is 9.55. The van der Waals surface area contributed by atoms with Gasteiger partial charge in [0.15, 0.2) is 0 Å². The van der Waals surface area contributed by atoms with Gasteiger partial charge in [-0.25, -0.2) is 0 Å². The highest BCUT2D eigenvalue weighted by Gasteiger charge is 2.17. The van der Waals surface area contributed by atoms with Crippen molar-refractivity contribution in [1.29, 1.82) is 0 Å². The molecule has 72 valence electrons. The molecule has 0 aromatic carbocycles. The van der Waals surface area contributed by atoms with Gasteiger partial charge < -0.3 is 14.1 Å². The number of rotatable bonds is 5.